The van der Waals surface area contributed by atoms with E-state index < -0.39 is 28.5 Å². The fourth-order valence-corrected chi connectivity index (χ4v) is 4.85. The number of carbonyl (C=O) groups excluding carboxylic acids is 1. The summed E-state index contributed by atoms with van der Waals surface area (Å²) in [5.74, 6) is 0.694. The zero-order valence-electron chi connectivity index (χ0n) is 15.2. The Bertz CT molecular complexity index is 977. The summed E-state index contributed by atoms with van der Waals surface area (Å²) in [5.41, 5.74) is 5.28. The van der Waals surface area contributed by atoms with Crippen LogP contribution in [-0.2, 0) is 14.7 Å². The van der Waals surface area contributed by atoms with Crippen LogP contribution in [0, 0.1) is 10.8 Å². The maximum atomic E-state index is 12.8. The molecule has 3 aliphatic heterocycles. The lowest BCUT2D eigenvalue weighted by Crippen LogP contribution is -2.43. The van der Waals surface area contributed by atoms with Crippen molar-refractivity contribution in [3.05, 3.63) is 11.8 Å². The molecule has 2 bridgehead atoms. The van der Waals surface area contributed by atoms with E-state index in [4.69, 9.17) is 20.1 Å². The van der Waals surface area contributed by atoms with Gasteiger partial charge >= 0.3 is 16.4 Å². The maximum absolute atomic E-state index is 12.8. The number of hydrogen-bond donors (Lipinski definition) is 4. The molecule has 1 aromatic heterocycles. The molecule has 5 rings (SSSR count). The highest BCUT2D eigenvalue weighted by atomic mass is 32.3. The summed E-state index contributed by atoms with van der Waals surface area (Å²) in [5, 5.41) is 19.7. The van der Waals surface area contributed by atoms with E-state index in [9.17, 15) is 13.2 Å². The molecule has 1 spiro atoms. The molecule has 158 valence electrons. The summed E-state index contributed by atoms with van der Waals surface area (Å²) < 4.78 is 41.8. The fourth-order valence-electron chi connectivity index (χ4n) is 4.48. The predicted molar refractivity (Wildman–Crippen MR) is 93.0 cm³/mol. The third kappa shape index (κ3) is 2.92. The minimum atomic E-state index is -4.82. The van der Waals surface area contributed by atoms with Gasteiger partial charge in [0.1, 0.15) is 12.1 Å². The van der Waals surface area contributed by atoms with E-state index in [2.05, 4.69) is 19.8 Å². The molecular formula is C14H20N8O6S. The van der Waals surface area contributed by atoms with Gasteiger partial charge in [0.2, 0.25) is 11.8 Å². The van der Waals surface area contributed by atoms with Crippen LogP contribution in [-0.4, -0.2) is 75.8 Å². The van der Waals surface area contributed by atoms with Crippen molar-refractivity contribution in [2.24, 2.45) is 11.1 Å². The molecule has 1 saturated carbocycles. The van der Waals surface area contributed by atoms with Gasteiger partial charge in [-0.25, -0.2) is 4.79 Å². The molecule has 15 heteroatoms. The second kappa shape index (κ2) is 6.01. The molecule has 4 heterocycles. The number of urea groups is 1. The third-order valence-electron chi connectivity index (χ3n) is 6.13. The van der Waals surface area contributed by atoms with E-state index in [1.165, 1.54) is 4.90 Å². The predicted octanol–water partition coefficient (Wildman–Crippen LogP) is -1.07. The molecule has 0 aromatic carbocycles. The molecular weight excluding hydrogens is 408 g/mol. The van der Waals surface area contributed by atoms with Gasteiger partial charge in [-0.1, -0.05) is 0 Å². The summed E-state index contributed by atoms with van der Waals surface area (Å²) in [6.07, 6.45) is 2.13. The molecule has 0 radical (unpaired) electrons. The first-order valence-corrected chi connectivity index (χ1v) is 10.5. The quantitative estimate of drug-likeness (QED) is 0.418. The van der Waals surface area contributed by atoms with E-state index in [0.29, 0.717) is 13.0 Å². The topological polar surface area (TPSA) is 191 Å². The molecule has 3 saturated heterocycles. The number of nitrogens with two attached hydrogens (primary N) is 1. The average molecular weight is 428 g/mol. The van der Waals surface area contributed by atoms with Crippen LogP contribution in [0.4, 0.5) is 4.79 Å². The van der Waals surface area contributed by atoms with Crippen LogP contribution in [0.15, 0.2) is 4.42 Å². The first kappa shape index (κ1) is 18.5. The van der Waals surface area contributed by atoms with Gasteiger partial charge < -0.3 is 25.3 Å². The van der Waals surface area contributed by atoms with Crippen molar-refractivity contribution in [3.8, 4) is 0 Å². The number of nitrogens with one attached hydrogen (secondary N) is 2. The monoisotopic (exact) mass is 428 g/mol. The van der Waals surface area contributed by atoms with E-state index in [1.54, 1.807) is 4.90 Å². The standard InChI is InChI=1S/C14H20N8O6S/c15-6-20-4-7(17-12(20)16)10-18-19-11(27-10)8-3-14(1-2-14)9-5-21(8)13(23)22(9)28-29(24,25)26/h7-9H,1-6,15H2,(H2,16,17)(H,24,25,26)/t7?,8-,9-/m0/s1. The first-order valence-electron chi connectivity index (χ1n) is 9.11. The van der Waals surface area contributed by atoms with Gasteiger partial charge in [-0.15, -0.1) is 14.5 Å². The van der Waals surface area contributed by atoms with Gasteiger partial charge in [-0.3, -0.25) is 9.96 Å². The molecule has 3 atom stereocenters. The first-order chi connectivity index (χ1) is 13.7. The Balaban J connectivity index is 1.40. The van der Waals surface area contributed by atoms with E-state index in [-0.39, 0.29) is 42.4 Å². The molecule has 14 nitrogen and oxygen atoms in total. The second-order valence-corrected chi connectivity index (χ2v) is 8.79. The summed E-state index contributed by atoms with van der Waals surface area (Å²) in [6.45, 7) is 0.831. The van der Waals surface area contributed by atoms with Gasteiger partial charge in [0.15, 0.2) is 5.96 Å². The molecule has 1 aliphatic carbocycles. The fraction of sp³-hybridized carbons (Fsp3) is 0.714. The number of guanidine groups is 1. The lowest BCUT2D eigenvalue weighted by Gasteiger charge is -2.34. The average Bonchev–Trinajstić information content (AvgIpc) is 3.02. The van der Waals surface area contributed by atoms with Gasteiger partial charge in [0, 0.05) is 6.54 Å². The van der Waals surface area contributed by atoms with Gasteiger partial charge in [0.25, 0.3) is 0 Å². The summed E-state index contributed by atoms with van der Waals surface area (Å²) in [7, 11) is -4.82. The number of piperidine rings is 1. The minimum Gasteiger partial charge on any atom is -0.421 e. The third-order valence-corrected chi connectivity index (χ3v) is 6.48. The highest BCUT2D eigenvalue weighted by Crippen LogP contribution is 2.61. The highest BCUT2D eigenvalue weighted by Gasteiger charge is 2.65. The number of hydrogen-bond acceptors (Lipinski definition) is 9. The Labute approximate surface area is 165 Å². The molecule has 4 aliphatic rings. The largest absolute Gasteiger partial charge is 0.421 e. The Kier molecular flexibility index (Phi) is 3.84. The number of carbonyl (C=O) groups is 1. The minimum absolute atomic E-state index is 0.169. The van der Waals surface area contributed by atoms with Crippen LogP contribution >= 0.6 is 0 Å². The molecule has 1 aromatic rings. The van der Waals surface area contributed by atoms with E-state index in [0.717, 1.165) is 17.9 Å². The lowest BCUT2D eigenvalue weighted by molar-refractivity contribution is -0.0530. The van der Waals surface area contributed by atoms with Gasteiger partial charge in [0.05, 0.1) is 19.3 Å². The van der Waals surface area contributed by atoms with Crippen LogP contribution in [0.2, 0.25) is 0 Å². The van der Waals surface area contributed by atoms with Crippen molar-refractivity contribution < 1.29 is 26.5 Å². The number of fused-ring (bicyclic) bond motifs is 3. The molecule has 4 fully saturated rings. The lowest BCUT2D eigenvalue weighted by atomic mass is 9.85. The van der Waals surface area contributed by atoms with Crippen molar-refractivity contribution in [3.63, 3.8) is 0 Å². The van der Waals surface area contributed by atoms with Crippen molar-refractivity contribution in [2.45, 2.75) is 37.4 Å². The number of rotatable bonds is 5. The maximum Gasteiger partial charge on any atom is 0.418 e. The van der Waals surface area contributed by atoms with Crippen molar-refractivity contribution >= 4 is 22.4 Å². The summed E-state index contributed by atoms with van der Waals surface area (Å²) in [6, 6.07) is -2.04. The van der Waals surface area contributed by atoms with Crippen LogP contribution in [0.25, 0.3) is 0 Å². The zero-order chi connectivity index (χ0) is 20.6. The van der Waals surface area contributed by atoms with Crippen LogP contribution in [0.5, 0.6) is 0 Å². The van der Waals surface area contributed by atoms with E-state index >= 15 is 0 Å². The second-order valence-electron chi connectivity index (χ2n) is 7.79. The molecule has 29 heavy (non-hydrogen) atoms. The summed E-state index contributed by atoms with van der Waals surface area (Å²) >= 11 is 0. The van der Waals surface area contributed by atoms with Crippen LogP contribution in [0.3, 0.4) is 0 Å². The smallest absolute Gasteiger partial charge is 0.418 e. The van der Waals surface area contributed by atoms with Gasteiger partial charge in [-0.2, -0.15) is 13.5 Å². The molecule has 1 unspecified atom stereocenters. The SMILES string of the molecule is N=C1NC(c2nnc([C@@H]3CC4(CC4)[C@@H]4CN3C(=O)N4OS(=O)(=O)O)o2)CN1CN. The molecule has 2 amide bonds. The Morgan fingerprint density at radius 2 is 2.07 bits per heavy atom. The summed E-state index contributed by atoms with van der Waals surface area (Å²) in [4.78, 5) is 15.8. The Morgan fingerprint density at radius 3 is 2.69 bits per heavy atom. The number of nitrogens with zero attached hydrogens (tertiary/aromatic N) is 5. The molecule has 5 N–H and O–H groups in total. The number of aromatic nitrogens is 2. The zero-order valence-corrected chi connectivity index (χ0v) is 16.0. The van der Waals surface area contributed by atoms with Gasteiger partial charge in [-0.05, 0) is 24.7 Å². The Morgan fingerprint density at radius 1 is 1.34 bits per heavy atom. The number of hydroxylamine groups is 2. The van der Waals surface area contributed by atoms with Crippen molar-refractivity contribution in [1.29, 1.82) is 5.41 Å². The van der Waals surface area contributed by atoms with E-state index in [1.807, 2.05) is 0 Å². The van der Waals surface area contributed by atoms with Crippen molar-refractivity contribution in [2.75, 3.05) is 19.8 Å². The highest BCUT2D eigenvalue weighted by molar-refractivity contribution is 7.80. The Hall–Kier alpha value is -2.49. The van der Waals surface area contributed by atoms with Crippen molar-refractivity contribution in [1.82, 2.24) is 30.4 Å². The normalized spacial score (nSPS) is 30.4. The van der Waals surface area contributed by atoms with Crippen LogP contribution in [0.1, 0.15) is 43.1 Å². The van der Waals surface area contributed by atoms with Crippen LogP contribution < -0.4 is 11.1 Å². The number of amides is 2.